The fourth-order valence-corrected chi connectivity index (χ4v) is 4.30. The molecule has 0 bridgehead atoms. The highest BCUT2D eigenvalue weighted by Gasteiger charge is 2.32. The second kappa shape index (κ2) is 11.5. The first-order valence-electron chi connectivity index (χ1n) is 11.9. The van der Waals surface area contributed by atoms with Crippen molar-refractivity contribution in [3.05, 3.63) is 95.6 Å². The van der Waals surface area contributed by atoms with Crippen molar-refractivity contribution in [3.63, 3.8) is 0 Å². The second-order valence-corrected chi connectivity index (χ2v) is 8.42. The lowest BCUT2D eigenvalue weighted by molar-refractivity contribution is 0.0909. The molecule has 0 fully saturated rings. The van der Waals surface area contributed by atoms with Crippen LogP contribution in [-0.2, 0) is 6.42 Å². The number of nitrogens with two attached hydrogens (primary N) is 1. The fraction of sp³-hybridized carbons (Fsp3) is 0.286. The van der Waals surface area contributed by atoms with Gasteiger partial charge in [-0.1, -0.05) is 60.7 Å². The zero-order valence-corrected chi connectivity index (χ0v) is 19.3. The van der Waals surface area contributed by atoms with Gasteiger partial charge in [0, 0.05) is 5.56 Å². The summed E-state index contributed by atoms with van der Waals surface area (Å²) in [5.41, 5.74) is 11.6. The van der Waals surface area contributed by atoms with Crippen LogP contribution in [0.15, 0.2) is 78.9 Å². The number of fused-ring (bicyclic) bond motifs is 1. The molecule has 0 aliphatic carbocycles. The van der Waals surface area contributed by atoms with Crippen molar-refractivity contribution in [2.45, 2.75) is 38.1 Å². The highest BCUT2D eigenvalue weighted by Crippen LogP contribution is 2.30. The Kier molecular flexibility index (Phi) is 7.94. The predicted molar refractivity (Wildman–Crippen MR) is 134 cm³/mol. The van der Waals surface area contributed by atoms with Gasteiger partial charge in [-0.3, -0.25) is 20.0 Å². The van der Waals surface area contributed by atoms with E-state index in [0.717, 1.165) is 36.9 Å². The molecule has 34 heavy (non-hydrogen) atoms. The Bertz CT molecular complexity index is 1120. The molecular weight excluding hydrogens is 426 g/mol. The summed E-state index contributed by atoms with van der Waals surface area (Å²) in [5.74, 6) is 0.201. The maximum absolute atomic E-state index is 13.5. The standard InChI is InChI=1S/C28H31N3O3/c29-19-8-9-20-34-26-18-7-5-15-23(26)28(33)30-31-24-16-6-4-11-21(24)14-10-17-25(31)27(32)22-12-2-1-3-13-22/h1-7,11-13,15-16,18,25H,8-10,14,17,19-20,29H2,(H,30,33). The monoisotopic (exact) mass is 457 g/mol. The van der Waals surface area contributed by atoms with Crippen LogP contribution in [0.25, 0.3) is 0 Å². The quantitative estimate of drug-likeness (QED) is 0.364. The number of nitrogens with one attached hydrogen (secondary N) is 1. The minimum atomic E-state index is -0.507. The molecule has 0 aromatic heterocycles. The highest BCUT2D eigenvalue weighted by molar-refractivity contribution is 6.04. The molecule has 176 valence electrons. The Morgan fingerprint density at radius 1 is 0.941 bits per heavy atom. The summed E-state index contributed by atoms with van der Waals surface area (Å²) in [6, 6.07) is 23.9. The number of aryl methyl sites for hydroxylation is 1. The van der Waals surface area contributed by atoms with Gasteiger partial charge in [-0.25, -0.2) is 0 Å². The topological polar surface area (TPSA) is 84.7 Å². The van der Waals surface area contributed by atoms with Gasteiger partial charge in [-0.2, -0.15) is 0 Å². The molecule has 0 saturated heterocycles. The summed E-state index contributed by atoms with van der Waals surface area (Å²) < 4.78 is 5.89. The Morgan fingerprint density at radius 2 is 1.68 bits per heavy atom. The van der Waals surface area contributed by atoms with Crippen molar-refractivity contribution in [1.29, 1.82) is 0 Å². The van der Waals surface area contributed by atoms with Crippen LogP contribution in [0.3, 0.4) is 0 Å². The molecule has 6 heteroatoms. The molecule has 6 nitrogen and oxygen atoms in total. The summed E-state index contributed by atoms with van der Waals surface area (Å²) in [5, 5.41) is 1.76. The third-order valence-corrected chi connectivity index (χ3v) is 6.06. The first-order valence-corrected chi connectivity index (χ1v) is 11.9. The SMILES string of the molecule is NCCCCOc1ccccc1C(=O)NN1c2ccccc2CCCC1C(=O)c1ccccc1. The van der Waals surface area contributed by atoms with Gasteiger partial charge in [0.15, 0.2) is 5.78 Å². The molecular formula is C28H31N3O3. The number of unbranched alkanes of at least 4 members (excludes halogenated alkanes) is 1. The van der Waals surface area contributed by atoms with Gasteiger partial charge in [0.05, 0.1) is 17.9 Å². The van der Waals surface area contributed by atoms with E-state index >= 15 is 0 Å². The summed E-state index contributed by atoms with van der Waals surface area (Å²) in [4.78, 5) is 27.0. The second-order valence-electron chi connectivity index (χ2n) is 8.42. The Balaban J connectivity index is 1.63. The number of anilines is 1. The third-order valence-electron chi connectivity index (χ3n) is 6.06. The van der Waals surface area contributed by atoms with Crippen LogP contribution in [0.4, 0.5) is 5.69 Å². The zero-order valence-electron chi connectivity index (χ0n) is 19.3. The van der Waals surface area contributed by atoms with Crippen LogP contribution in [0.2, 0.25) is 0 Å². The average Bonchev–Trinajstić information content (AvgIpc) is 3.06. The van der Waals surface area contributed by atoms with E-state index < -0.39 is 6.04 Å². The van der Waals surface area contributed by atoms with Gasteiger partial charge in [-0.05, 0) is 62.4 Å². The van der Waals surface area contributed by atoms with Crippen LogP contribution in [0.1, 0.15) is 52.0 Å². The van der Waals surface area contributed by atoms with E-state index in [2.05, 4.69) is 11.5 Å². The van der Waals surface area contributed by atoms with E-state index in [4.69, 9.17) is 10.5 Å². The first kappa shape index (κ1) is 23.5. The average molecular weight is 458 g/mol. The number of rotatable bonds is 9. The molecule has 1 aliphatic rings. The first-order chi connectivity index (χ1) is 16.7. The largest absolute Gasteiger partial charge is 0.493 e. The predicted octanol–water partition coefficient (Wildman–Crippen LogP) is 4.54. The normalized spacial score (nSPS) is 15.2. The molecule has 3 N–H and O–H groups in total. The molecule has 1 heterocycles. The lowest BCUT2D eigenvalue weighted by atomic mass is 9.99. The lowest BCUT2D eigenvalue weighted by Crippen LogP contribution is -2.52. The van der Waals surface area contributed by atoms with Crippen molar-refractivity contribution in [3.8, 4) is 5.75 Å². The van der Waals surface area contributed by atoms with E-state index in [0.29, 0.717) is 36.4 Å². The van der Waals surface area contributed by atoms with Gasteiger partial charge in [0.1, 0.15) is 11.8 Å². The molecule has 0 saturated carbocycles. The number of hydrogen-bond acceptors (Lipinski definition) is 5. The fourth-order valence-electron chi connectivity index (χ4n) is 4.30. The Morgan fingerprint density at radius 3 is 2.50 bits per heavy atom. The van der Waals surface area contributed by atoms with E-state index in [1.807, 2.05) is 60.7 Å². The molecule has 3 aromatic rings. The van der Waals surface area contributed by atoms with Gasteiger partial charge < -0.3 is 10.5 Å². The van der Waals surface area contributed by atoms with Crippen LogP contribution in [0.5, 0.6) is 5.75 Å². The van der Waals surface area contributed by atoms with Crippen LogP contribution in [-0.4, -0.2) is 30.9 Å². The molecule has 3 aromatic carbocycles. The zero-order chi connectivity index (χ0) is 23.8. The number of carbonyl (C=O) groups excluding carboxylic acids is 2. The van der Waals surface area contributed by atoms with Crippen LogP contribution < -0.4 is 20.9 Å². The van der Waals surface area contributed by atoms with Crippen LogP contribution in [0, 0.1) is 0 Å². The van der Waals surface area contributed by atoms with Crippen molar-refractivity contribution >= 4 is 17.4 Å². The van der Waals surface area contributed by atoms with Crippen LogP contribution >= 0.6 is 0 Å². The van der Waals surface area contributed by atoms with Gasteiger partial charge >= 0.3 is 0 Å². The summed E-state index contributed by atoms with van der Waals surface area (Å²) in [7, 11) is 0. The molecule has 0 spiro atoms. The molecule has 1 unspecified atom stereocenters. The molecule has 0 radical (unpaired) electrons. The minimum Gasteiger partial charge on any atom is -0.493 e. The van der Waals surface area contributed by atoms with Gasteiger partial charge in [-0.15, -0.1) is 0 Å². The number of nitrogens with zero attached hydrogens (tertiary/aromatic N) is 1. The van der Waals surface area contributed by atoms with E-state index in [1.54, 1.807) is 17.1 Å². The number of hydrazine groups is 1. The van der Waals surface area contributed by atoms with Crippen molar-refractivity contribution in [2.75, 3.05) is 18.2 Å². The molecule has 1 aliphatic heterocycles. The number of ketones is 1. The Labute approximate surface area is 200 Å². The number of benzene rings is 3. The van der Waals surface area contributed by atoms with Crippen molar-refractivity contribution < 1.29 is 14.3 Å². The number of Topliss-reactive ketones (excluding diaryl/α,β-unsaturated/α-hetero) is 1. The number of carbonyl (C=O) groups is 2. The minimum absolute atomic E-state index is 0.0103. The van der Waals surface area contributed by atoms with Crippen molar-refractivity contribution in [1.82, 2.24) is 5.43 Å². The number of para-hydroxylation sites is 2. The van der Waals surface area contributed by atoms with E-state index in [-0.39, 0.29) is 11.7 Å². The lowest BCUT2D eigenvalue weighted by Gasteiger charge is -2.32. The summed E-state index contributed by atoms with van der Waals surface area (Å²) >= 11 is 0. The summed E-state index contributed by atoms with van der Waals surface area (Å²) in [6.07, 6.45) is 4.02. The Hall–Kier alpha value is -3.64. The molecule has 1 atom stereocenters. The number of hydrogen-bond donors (Lipinski definition) is 2. The van der Waals surface area contributed by atoms with Crippen molar-refractivity contribution in [2.24, 2.45) is 5.73 Å². The number of amides is 1. The van der Waals surface area contributed by atoms with E-state index in [1.165, 1.54) is 0 Å². The summed E-state index contributed by atoms with van der Waals surface area (Å²) in [6.45, 7) is 1.10. The number of ether oxygens (including phenoxy) is 1. The van der Waals surface area contributed by atoms with Gasteiger partial charge in [0.25, 0.3) is 5.91 Å². The smallest absolute Gasteiger partial charge is 0.273 e. The molecule has 4 rings (SSSR count). The highest BCUT2D eigenvalue weighted by atomic mass is 16.5. The van der Waals surface area contributed by atoms with Gasteiger partial charge in [0.2, 0.25) is 0 Å². The van der Waals surface area contributed by atoms with E-state index in [9.17, 15) is 9.59 Å². The molecule has 1 amide bonds. The maximum atomic E-state index is 13.5. The third kappa shape index (κ3) is 5.46. The maximum Gasteiger partial charge on any atom is 0.273 e.